The predicted octanol–water partition coefficient (Wildman–Crippen LogP) is 13.5. The molecular weight excluding hydrogens is 671 g/mol. The van der Waals surface area contributed by atoms with Gasteiger partial charge in [-0.1, -0.05) is 138 Å². The van der Waals surface area contributed by atoms with Crippen LogP contribution in [-0.2, 0) is 20.8 Å². The molecule has 0 aromatic heterocycles. The molecule has 0 aliphatic rings. The van der Waals surface area contributed by atoms with Gasteiger partial charge in [-0.15, -0.1) is 68.6 Å². The Bertz CT molecular complexity index is 1670. The molecule has 0 saturated heterocycles. The van der Waals surface area contributed by atoms with Crippen molar-refractivity contribution in [2.75, 3.05) is 0 Å². The van der Waals surface area contributed by atoms with Crippen LogP contribution < -0.4 is 0 Å². The molecule has 0 amide bonds. The molecule has 0 fully saturated rings. The SMILES string of the molecule is CCCCC(C)c1cc2c(-c3ccccc3)cccc2[cH-]1.C[Si]C.Cc1cc2c(-c3ccccc3)ccc(C)c2[cH-]1.[Cl][Zr+2][Cl]. The van der Waals surface area contributed by atoms with E-state index in [0.29, 0.717) is 5.92 Å². The van der Waals surface area contributed by atoms with Gasteiger partial charge in [-0.25, -0.2) is 0 Å². The summed E-state index contributed by atoms with van der Waals surface area (Å²) in [5.74, 6) is 0.654. The quantitative estimate of drug-likeness (QED) is 0.119. The van der Waals surface area contributed by atoms with Crippen molar-refractivity contribution in [2.45, 2.75) is 66.0 Å². The Balaban J connectivity index is 0.000000207. The van der Waals surface area contributed by atoms with Gasteiger partial charge in [-0.2, -0.15) is 12.1 Å². The third kappa shape index (κ3) is 10.1. The van der Waals surface area contributed by atoms with Gasteiger partial charge in [0.2, 0.25) is 0 Å². The molecule has 2 radical (unpaired) electrons. The molecule has 0 spiro atoms. The first-order chi connectivity index (χ1) is 21.4. The Labute approximate surface area is 287 Å². The molecule has 0 N–H and O–H groups in total. The standard InChI is InChI=1S/C21H23.C17H15.C2H6Si.2ClH.Zr/c1-3-4-9-16(2)19-14-18-12-8-13-20(21(18)15-19)17-10-6-5-7-11-17;1-12-10-16-13(2)8-9-15(17(16)11-12)14-6-4-3-5-7-14;1-3-2;;;/h5-8,10-16H,3-4,9H2,1-2H3;3-11H,1-2H3;1-2H3;2*1H;/q2*-1;;;;+4/p-2. The summed E-state index contributed by atoms with van der Waals surface area (Å²) in [5, 5.41) is 5.51. The average molecular weight is 715 g/mol. The van der Waals surface area contributed by atoms with Gasteiger partial charge in [0, 0.05) is 9.52 Å². The Kier molecular flexibility index (Phi) is 15.9. The van der Waals surface area contributed by atoms with E-state index in [-0.39, 0.29) is 0 Å². The monoisotopic (exact) mass is 712 g/mol. The van der Waals surface area contributed by atoms with Gasteiger partial charge in [0.15, 0.2) is 0 Å². The molecule has 4 heteroatoms. The minimum absolute atomic E-state index is 0.654. The third-order valence-corrected chi connectivity index (χ3v) is 7.75. The molecule has 0 heterocycles. The second-order valence-corrected chi connectivity index (χ2v) is 16.0. The molecule has 44 heavy (non-hydrogen) atoms. The van der Waals surface area contributed by atoms with Crippen LogP contribution >= 0.6 is 17.0 Å². The van der Waals surface area contributed by atoms with Gasteiger partial charge in [-0.3, -0.25) is 0 Å². The summed E-state index contributed by atoms with van der Waals surface area (Å²) in [4.78, 5) is 0. The van der Waals surface area contributed by atoms with Crippen LogP contribution in [0.15, 0.2) is 115 Å². The Hall–Kier alpha value is -2.22. The minimum atomic E-state index is -0.826. The summed E-state index contributed by atoms with van der Waals surface area (Å²) in [5.41, 5.74) is 9.46. The molecule has 1 atom stereocenters. The first kappa shape index (κ1) is 36.3. The van der Waals surface area contributed by atoms with Crippen molar-refractivity contribution in [1.29, 1.82) is 0 Å². The van der Waals surface area contributed by atoms with Crippen LogP contribution in [0.2, 0.25) is 13.1 Å². The molecule has 6 aromatic carbocycles. The number of unbranched alkanes of at least 4 members (excludes halogenated alkanes) is 1. The first-order valence-electron chi connectivity index (χ1n) is 15.4. The molecule has 6 aromatic rings. The van der Waals surface area contributed by atoms with Crippen molar-refractivity contribution in [3.8, 4) is 22.3 Å². The Morgan fingerprint density at radius 3 is 1.86 bits per heavy atom. The maximum atomic E-state index is 4.93. The summed E-state index contributed by atoms with van der Waals surface area (Å²) in [6.45, 7) is 13.3. The molecule has 0 aliphatic heterocycles. The molecule has 0 nitrogen and oxygen atoms in total. The van der Waals surface area contributed by atoms with Crippen molar-refractivity contribution in [3.63, 3.8) is 0 Å². The molecular formula is C40H44Cl2SiZr. The second-order valence-electron chi connectivity index (χ2n) is 11.2. The van der Waals surface area contributed by atoms with Crippen molar-refractivity contribution >= 4 is 48.1 Å². The van der Waals surface area contributed by atoms with Crippen LogP contribution in [0, 0.1) is 13.8 Å². The summed E-state index contributed by atoms with van der Waals surface area (Å²) < 4.78 is 0. The summed E-state index contributed by atoms with van der Waals surface area (Å²) in [6.07, 6.45) is 3.88. The molecule has 0 aliphatic carbocycles. The number of rotatable bonds is 6. The van der Waals surface area contributed by atoms with Crippen molar-refractivity contribution in [2.24, 2.45) is 0 Å². The van der Waals surface area contributed by atoms with E-state index >= 15 is 0 Å². The van der Waals surface area contributed by atoms with Crippen molar-refractivity contribution in [3.05, 3.63) is 132 Å². The zero-order chi connectivity index (χ0) is 31.9. The van der Waals surface area contributed by atoms with Gasteiger partial charge >= 0.3 is 37.9 Å². The normalized spacial score (nSPS) is 10.9. The third-order valence-electron chi connectivity index (χ3n) is 7.75. The van der Waals surface area contributed by atoms with Gasteiger partial charge in [0.1, 0.15) is 0 Å². The molecule has 6 rings (SSSR count). The molecule has 1 unspecified atom stereocenters. The Morgan fingerprint density at radius 2 is 1.30 bits per heavy atom. The van der Waals surface area contributed by atoms with E-state index in [2.05, 4.69) is 156 Å². The zero-order valence-corrected chi connectivity index (χ0v) is 31.9. The number of halogens is 2. The second kappa shape index (κ2) is 19.3. The average Bonchev–Trinajstić information content (AvgIpc) is 3.66. The zero-order valence-electron chi connectivity index (χ0n) is 26.9. The summed E-state index contributed by atoms with van der Waals surface area (Å²) >= 11 is -0.826. The van der Waals surface area contributed by atoms with E-state index in [1.54, 1.807) is 0 Å². The first-order valence-corrected chi connectivity index (χ1v) is 23.7. The van der Waals surface area contributed by atoms with Gasteiger partial charge in [-0.05, 0) is 23.5 Å². The van der Waals surface area contributed by atoms with E-state index in [0.717, 1.165) is 9.52 Å². The van der Waals surface area contributed by atoms with Crippen LogP contribution in [0.1, 0.15) is 55.7 Å². The molecule has 0 bridgehead atoms. The van der Waals surface area contributed by atoms with E-state index in [1.807, 2.05) is 0 Å². The summed E-state index contributed by atoms with van der Waals surface area (Å²) in [7, 11) is 11.0. The molecule has 226 valence electrons. The van der Waals surface area contributed by atoms with Gasteiger partial charge in [0.05, 0.1) is 0 Å². The fourth-order valence-electron chi connectivity index (χ4n) is 5.55. The molecule has 0 saturated carbocycles. The van der Waals surface area contributed by atoms with Crippen LogP contribution in [0.5, 0.6) is 0 Å². The number of fused-ring (bicyclic) bond motifs is 2. The van der Waals surface area contributed by atoms with E-state index < -0.39 is 20.8 Å². The predicted molar refractivity (Wildman–Crippen MR) is 197 cm³/mol. The van der Waals surface area contributed by atoms with Gasteiger partial charge in [0.25, 0.3) is 0 Å². The van der Waals surface area contributed by atoms with E-state index in [9.17, 15) is 0 Å². The topological polar surface area (TPSA) is 0 Å². The van der Waals surface area contributed by atoms with Gasteiger partial charge < -0.3 is 0 Å². The van der Waals surface area contributed by atoms with Crippen molar-refractivity contribution in [1.82, 2.24) is 0 Å². The van der Waals surface area contributed by atoms with Crippen LogP contribution in [0.25, 0.3) is 43.8 Å². The van der Waals surface area contributed by atoms with Crippen LogP contribution in [0.3, 0.4) is 0 Å². The van der Waals surface area contributed by atoms with Crippen LogP contribution in [-0.4, -0.2) is 9.52 Å². The van der Waals surface area contributed by atoms with E-state index in [1.165, 1.54) is 79.8 Å². The van der Waals surface area contributed by atoms with E-state index in [4.69, 9.17) is 17.0 Å². The number of hydrogen-bond donors (Lipinski definition) is 0. The maximum absolute atomic E-state index is 4.93. The summed E-state index contributed by atoms with van der Waals surface area (Å²) in [6, 6.07) is 41.7. The number of aryl methyl sites for hydroxylation is 2. The fourth-order valence-corrected chi connectivity index (χ4v) is 5.55. The fraction of sp³-hybridized carbons (Fsp3) is 0.250. The number of hydrogen-bond acceptors (Lipinski definition) is 0. The Morgan fingerprint density at radius 1 is 0.727 bits per heavy atom. The van der Waals surface area contributed by atoms with Crippen molar-refractivity contribution < 1.29 is 20.8 Å². The van der Waals surface area contributed by atoms with Crippen LogP contribution in [0.4, 0.5) is 0 Å². The number of benzene rings is 4.